The Morgan fingerprint density at radius 3 is 2.69 bits per heavy atom. The van der Waals surface area contributed by atoms with Crippen LogP contribution in [0.4, 0.5) is 34.6 Å². The molecule has 0 aromatic heterocycles. The van der Waals surface area contributed by atoms with E-state index in [0.717, 1.165) is 19.0 Å². The standard InChI is InChI=1S/C19H19F4N3/c1-26-17-5-6-24-10-15(17)14-8-13(9-16(18(14)26)19(21,22)23)25-12-4-2-3-11(20)7-12/h2-4,7-9,15,17,24-25H,5-6,10H2,1H3/t15-,17-/m0/s1. The van der Waals surface area contributed by atoms with Gasteiger partial charge < -0.3 is 15.5 Å². The lowest BCUT2D eigenvalue weighted by Crippen LogP contribution is -2.42. The van der Waals surface area contributed by atoms with Gasteiger partial charge in [0, 0.05) is 36.9 Å². The summed E-state index contributed by atoms with van der Waals surface area (Å²) in [7, 11) is 1.74. The lowest BCUT2D eigenvalue weighted by molar-refractivity contribution is -0.137. The number of alkyl halides is 3. The van der Waals surface area contributed by atoms with E-state index in [4.69, 9.17) is 0 Å². The summed E-state index contributed by atoms with van der Waals surface area (Å²) in [4.78, 5) is 1.77. The highest BCUT2D eigenvalue weighted by molar-refractivity contribution is 5.74. The van der Waals surface area contributed by atoms with E-state index in [1.165, 1.54) is 18.2 Å². The third-order valence-corrected chi connectivity index (χ3v) is 5.25. The van der Waals surface area contributed by atoms with E-state index in [1.807, 2.05) is 0 Å². The Morgan fingerprint density at radius 2 is 1.96 bits per heavy atom. The highest BCUT2D eigenvalue weighted by atomic mass is 19.4. The van der Waals surface area contributed by atoms with Crippen molar-refractivity contribution >= 4 is 17.1 Å². The number of benzene rings is 2. The average molecular weight is 365 g/mol. The molecule has 4 rings (SSSR count). The Labute approximate surface area is 149 Å². The zero-order chi connectivity index (χ0) is 18.5. The average Bonchev–Trinajstić information content (AvgIpc) is 2.87. The Morgan fingerprint density at radius 1 is 1.15 bits per heavy atom. The SMILES string of the molecule is CN1c2c(cc(Nc3cccc(F)c3)cc2C(F)(F)F)[C@@H]2CNCC[C@@H]21. The topological polar surface area (TPSA) is 27.3 Å². The third-order valence-electron chi connectivity index (χ3n) is 5.25. The van der Waals surface area contributed by atoms with Gasteiger partial charge in [-0.05, 0) is 48.9 Å². The zero-order valence-electron chi connectivity index (χ0n) is 14.2. The number of rotatable bonds is 2. The number of fused-ring (bicyclic) bond motifs is 3. The summed E-state index contributed by atoms with van der Waals surface area (Å²) in [6.07, 6.45) is -3.65. The number of nitrogens with zero attached hydrogens (tertiary/aromatic N) is 1. The van der Waals surface area contributed by atoms with Crippen LogP contribution in [0.25, 0.3) is 0 Å². The molecular weight excluding hydrogens is 346 g/mol. The molecule has 138 valence electrons. The van der Waals surface area contributed by atoms with Crippen LogP contribution in [0.3, 0.4) is 0 Å². The second kappa shape index (κ2) is 6.16. The lowest BCUT2D eigenvalue weighted by atomic mass is 9.89. The summed E-state index contributed by atoms with van der Waals surface area (Å²) in [5.74, 6) is -0.428. The first kappa shape index (κ1) is 17.1. The highest BCUT2D eigenvalue weighted by Crippen LogP contribution is 2.50. The van der Waals surface area contributed by atoms with E-state index in [0.29, 0.717) is 23.5 Å². The van der Waals surface area contributed by atoms with Crippen molar-refractivity contribution in [3.8, 4) is 0 Å². The third kappa shape index (κ3) is 2.90. The van der Waals surface area contributed by atoms with Crippen LogP contribution in [0, 0.1) is 5.82 Å². The lowest BCUT2D eigenvalue weighted by Gasteiger charge is -2.31. The van der Waals surface area contributed by atoms with Crippen LogP contribution < -0.4 is 15.5 Å². The number of nitrogens with one attached hydrogen (secondary N) is 2. The van der Waals surface area contributed by atoms with Gasteiger partial charge >= 0.3 is 6.18 Å². The van der Waals surface area contributed by atoms with Crippen molar-refractivity contribution in [2.75, 3.05) is 30.4 Å². The van der Waals surface area contributed by atoms with Gasteiger partial charge in [0.25, 0.3) is 0 Å². The van der Waals surface area contributed by atoms with Gasteiger partial charge in [0.1, 0.15) is 5.82 Å². The van der Waals surface area contributed by atoms with Crippen LogP contribution in [0.15, 0.2) is 36.4 Å². The molecule has 2 aliphatic rings. The maximum absolute atomic E-state index is 13.7. The van der Waals surface area contributed by atoms with Gasteiger partial charge in [0.05, 0.1) is 11.3 Å². The summed E-state index contributed by atoms with van der Waals surface area (Å²) in [5.41, 5.74) is 1.05. The monoisotopic (exact) mass is 365 g/mol. The second-order valence-corrected chi connectivity index (χ2v) is 6.87. The Kier molecular flexibility index (Phi) is 4.06. The molecule has 2 aromatic carbocycles. The predicted molar refractivity (Wildman–Crippen MR) is 93.5 cm³/mol. The predicted octanol–water partition coefficient (Wildman–Crippen LogP) is 4.48. The molecule has 0 spiro atoms. The van der Waals surface area contributed by atoms with E-state index < -0.39 is 17.6 Å². The Balaban J connectivity index is 1.81. The van der Waals surface area contributed by atoms with Crippen LogP contribution in [0.5, 0.6) is 0 Å². The summed E-state index contributed by atoms with van der Waals surface area (Å²) < 4.78 is 54.6. The van der Waals surface area contributed by atoms with Gasteiger partial charge in [-0.15, -0.1) is 0 Å². The van der Waals surface area contributed by atoms with Crippen molar-refractivity contribution in [3.63, 3.8) is 0 Å². The number of halogens is 4. The maximum Gasteiger partial charge on any atom is 0.418 e. The molecule has 3 nitrogen and oxygen atoms in total. The molecule has 1 fully saturated rings. The largest absolute Gasteiger partial charge is 0.418 e. The molecule has 0 amide bonds. The van der Waals surface area contributed by atoms with Gasteiger partial charge in [-0.2, -0.15) is 13.2 Å². The first-order valence-corrected chi connectivity index (χ1v) is 8.56. The fourth-order valence-electron chi connectivity index (χ4n) is 4.15. The summed E-state index contributed by atoms with van der Waals surface area (Å²) in [6.45, 7) is 1.46. The quantitative estimate of drug-likeness (QED) is 0.769. The van der Waals surface area contributed by atoms with E-state index in [-0.39, 0.29) is 17.6 Å². The van der Waals surface area contributed by atoms with E-state index in [2.05, 4.69) is 10.6 Å². The van der Waals surface area contributed by atoms with Crippen molar-refractivity contribution < 1.29 is 17.6 Å². The Hall–Kier alpha value is -2.28. The highest BCUT2D eigenvalue weighted by Gasteiger charge is 2.45. The molecule has 0 saturated carbocycles. The fraction of sp³-hybridized carbons (Fsp3) is 0.368. The van der Waals surface area contributed by atoms with E-state index >= 15 is 0 Å². The molecule has 0 radical (unpaired) electrons. The van der Waals surface area contributed by atoms with Crippen molar-refractivity contribution in [2.24, 2.45) is 0 Å². The van der Waals surface area contributed by atoms with Crippen molar-refractivity contribution in [3.05, 3.63) is 53.3 Å². The molecule has 0 aliphatic carbocycles. The fourth-order valence-corrected chi connectivity index (χ4v) is 4.15. The van der Waals surface area contributed by atoms with E-state index in [9.17, 15) is 17.6 Å². The summed E-state index contributed by atoms with van der Waals surface area (Å²) in [5, 5.41) is 6.19. The van der Waals surface area contributed by atoms with Crippen LogP contribution in [-0.2, 0) is 6.18 Å². The van der Waals surface area contributed by atoms with Crippen LogP contribution in [0.1, 0.15) is 23.5 Å². The Bertz CT molecular complexity index is 834. The zero-order valence-corrected chi connectivity index (χ0v) is 14.2. The van der Waals surface area contributed by atoms with Crippen molar-refractivity contribution in [1.82, 2.24) is 5.32 Å². The molecule has 2 heterocycles. The minimum atomic E-state index is -4.46. The minimum Gasteiger partial charge on any atom is -0.370 e. The number of hydrogen-bond donors (Lipinski definition) is 2. The smallest absolute Gasteiger partial charge is 0.370 e. The molecule has 1 saturated heterocycles. The first-order chi connectivity index (χ1) is 12.3. The summed E-state index contributed by atoms with van der Waals surface area (Å²) >= 11 is 0. The molecular formula is C19H19F4N3. The molecule has 7 heteroatoms. The number of likely N-dealkylation sites (N-methyl/N-ethyl adjacent to an activating group) is 1. The minimum absolute atomic E-state index is 0.0131. The number of anilines is 3. The van der Waals surface area contributed by atoms with Gasteiger partial charge in [-0.3, -0.25) is 0 Å². The summed E-state index contributed by atoms with van der Waals surface area (Å²) in [6, 6.07) is 8.65. The molecule has 0 bridgehead atoms. The number of hydrogen-bond acceptors (Lipinski definition) is 3. The molecule has 2 N–H and O–H groups in total. The molecule has 26 heavy (non-hydrogen) atoms. The van der Waals surface area contributed by atoms with Crippen molar-refractivity contribution in [2.45, 2.75) is 24.6 Å². The molecule has 2 aliphatic heterocycles. The van der Waals surface area contributed by atoms with E-state index in [1.54, 1.807) is 24.1 Å². The van der Waals surface area contributed by atoms with Crippen molar-refractivity contribution in [1.29, 1.82) is 0 Å². The van der Waals surface area contributed by atoms with Crippen LogP contribution >= 0.6 is 0 Å². The first-order valence-electron chi connectivity index (χ1n) is 8.56. The molecule has 2 aromatic rings. The van der Waals surface area contributed by atoms with Gasteiger partial charge in [-0.1, -0.05) is 6.07 Å². The van der Waals surface area contributed by atoms with Gasteiger partial charge in [0.15, 0.2) is 0 Å². The molecule has 0 unspecified atom stereocenters. The normalized spacial score (nSPS) is 22.1. The van der Waals surface area contributed by atoms with Crippen LogP contribution in [0.2, 0.25) is 0 Å². The molecule has 2 atom stereocenters. The number of piperidine rings is 1. The van der Waals surface area contributed by atoms with Gasteiger partial charge in [-0.25, -0.2) is 4.39 Å². The van der Waals surface area contributed by atoms with Crippen LogP contribution in [-0.4, -0.2) is 26.2 Å². The second-order valence-electron chi connectivity index (χ2n) is 6.87. The van der Waals surface area contributed by atoms with Gasteiger partial charge in [0.2, 0.25) is 0 Å². The maximum atomic E-state index is 13.7.